The van der Waals surface area contributed by atoms with Crippen molar-refractivity contribution in [1.82, 2.24) is 10.0 Å². The smallest absolute Gasteiger partial charge is 0.407 e. The second kappa shape index (κ2) is 19.0. The van der Waals surface area contributed by atoms with Gasteiger partial charge in [-0.1, -0.05) is 90.5 Å². The number of nitrogens with zero attached hydrogens (tertiary/aromatic N) is 1. The molecule has 0 unspecified atom stereocenters. The molecule has 7 rings (SSSR count). The first kappa shape index (κ1) is 44.7. The fourth-order valence-corrected chi connectivity index (χ4v) is 9.81. The molecule has 4 N–H and O–H groups in total. The molecule has 1 aliphatic heterocycles. The maximum Gasteiger partial charge on any atom is 0.407 e. The van der Waals surface area contributed by atoms with Crippen LogP contribution in [-0.2, 0) is 43.9 Å². The Morgan fingerprint density at radius 1 is 0.825 bits per heavy atom. The van der Waals surface area contributed by atoms with E-state index in [1.165, 1.54) is 5.56 Å². The van der Waals surface area contributed by atoms with Crippen molar-refractivity contribution in [2.24, 2.45) is 10.7 Å². The highest BCUT2D eigenvalue weighted by Gasteiger charge is 2.34. The van der Waals surface area contributed by atoms with Crippen molar-refractivity contribution in [3.63, 3.8) is 0 Å². The monoisotopic (exact) mass is 872 g/mol. The number of aryl methyl sites for hydroxylation is 1. The number of esters is 1. The lowest BCUT2D eigenvalue weighted by Crippen LogP contribution is -2.42. The molecule has 0 saturated carbocycles. The summed E-state index contributed by atoms with van der Waals surface area (Å²) < 4.78 is 53.6. The van der Waals surface area contributed by atoms with Crippen molar-refractivity contribution in [3.05, 3.63) is 147 Å². The summed E-state index contributed by atoms with van der Waals surface area (Å²) in [6.45, 7) is 12.0. The van der Waals surface area contributed by atoms with Gasteiger partial charge < -0.3 is 30.0 Å². The summed E-state index contributed by atoms with van der Waals surface area (Å²) in [5.41, 5.74) is 15.9. The van der Waals surface area contributed by atoms with Crippen molar-refractivity contribution in [1.29, 1.82) is 0 Å². The number of fused-ring (bicyclic) bond motifs is 4. The van der Waals surface area contributed by atoms with Crippen LogP contribution in [0.25, 0.3) is 11.1 Å². The van der Waals surface area contributed by atoms with E-state index >= 15 is 0 Å². The first-order chi connectivity index (χ1) is 30.1. The Hall–Kier alpha value is -6.34. The molecule has 1 amide bonds. The number of carbonyl (C=O) groups excluding carboxylic acids is 2. The number of carbonyl (C=O) groups is 2. The number of rotatable bonds is 15. The van der Waals surface area contributed by atoms with Crippen molar-refractivity contribution >= 4 is 28.0 Å². The SMILES string of the molecule is Cc1ccc(COc2ccc(COC(=O)[C@H](CCCN=C(N)NS(=O)(=O)c3c(C)c(C)c4c(c3C)CCC(C)(C)O4)NC(=O)OCC3c4ccccc4-c4ccccc43)cc2)cc1. The van der Waals surface area contributed by atoms with E-state index in [2.05, 4.69) is 27.2 Å². The fourth-order valence-electron chi connectivity index (χ4n) is 8.29. The maximum absolute atomic E-state index is 13.8. The zero-order valence-corrected chi connectivity index (χ0v) is 37.6. The lowest BCUT2D eigenvalue weighted by atomic mass is 9.88. The van der Waals surface area contributed by atoms with Crippen LogP contribution in [0.2, 0.25) is 0 Å². The molecular weight excluding hydrogens is 817 g/mol. The molecule has 0 spiro atoms. The van der Waals surface area contributed by atoms with Gasteiger partial charge in [0.1, 0.15) is 43.0 Å². The third-order valence-corrected chi connectivity index (χ3v) is 13.5. The van der Waals surface area contributed by atoms with Crippen LogP contribution in [0.3, 0.4) is 0 Å². The van der Waals surface area contributed by atoms with Gasteiger partial charge in [-0.3, -0.25) is 4.99 Å². The standard InChI is InChI=1S/C50H56N4O8S/c1-31-17-19-35(20-18-31)28-59-37-23-21-36(22-24-37)29-60-47(55)44(53-49(56)61-30-43-41-14-9-7-12-39(41)40-13-8-10-15-42(40)43)16-11-27-52-48(51)54-63(57,58)46-33(3)32(2)45-38(34(46)4)25-26-50(5,6)62-45/h7-10,12-15,17-24,43-44H,11,16,25-30H2,1-6H3,(H,53,56)(H3,51,52,54)/t44-/m0/s1. The van der Waals surface area contributed by atoms with Gasteiger partial charge in [-0.25, -0.2) is 22.7 Å². The van der Waals surface area contributed by atoms with Crippen LogP contribution < -0.4 is 25.2 Å². The minimum absolute atomic E-state index is 0.0439. The van der Waals surface area contributed by atoms with E-state index in [0.717, 1.165) is 56.7 Å². The zero-order chi connectivity index (χ0) is 44.9. The Morgan fingerprint density at radius 2 is 1.44 bits per heavy atom. The Kier molecular flexibility index (Phi) is 13.5. The van der Waals surface area contributed by atoms with Gasteiger partial charge in [0.2, 0.25) is 5.96 Å². The summed E-state index contributed by atoms with van der Waals surface area (Å²) >= 11 is 0. The molecule has 1 aliphatic carbocycles. The van der Waals surface area contributed by atoms with E-state index in [9.17, 15) is 18.0 Å². The third-order valence-electron chi connectivity index (χ3n) is 11.9. The minimum Gasteiger partial charge on any atom is -0.489 e. The van der Waals surface area contributed by atoms with E-state index in [4.69, 9.17) is 24.7 Å². The lowest BCUT2D eigenvalue weighted by molar-refractivity contribution is -0.147. The van der Waals surface area contributed by atoms with E-state index < -0.39 is 28.1 Å². The van der Waals surface area contributed by atoms with Crippen molar-refractivity contribution in [3.8, 4) is 22.6 Å². The summed E-state index contributed by atoms with van der Waals surface area (Å²) in [4.78, 5) is 31.4. The average molecular weight is 873 g/mol. The summed E-state index contributed by atoms with van der Waals surface area (Å²) in [6.07, 6.45) is 1.02. The van der Waals surface area contributed by atoms with Gasteiger partial charge in [0.05, 0.1) is 4.90 Å². The Balaban J connectivity index is 0.989. The first-order valence-corrected chi connectivity index (χ1v) is 22.8. The molecule has 13 heteroatoms. The molecule has 330 valence electrons. The second-order valence-corrected chi connectivity index (χ2v) is 18.6. The highest BCUT2D eigenvalue weighted by Crippen LogP contribution is 2.45. The largest absolute Gasteiger partial charge is 0.489 e. The molecule has 0 bridgehead atoms. The number of benzene rings is 5. The maximum atomic E-state index is 13.8. The molecular formula is C50H56N4O8S. The number of nitrogens with one attached hydrogen (secondary N) is 2. The minimum atomic E-state index is -4.11. The van der Waals surface area contributed by atoms with Crippen LogP contribution in [0.1, 0.15) is 89.1 Å². The summed E-state index contributed by atoms with van der Waals surface area (Å²) in [5, 5.41) is 2.71. The van der Waals surface area contributed by atoms with Crippen LogP contribution in [-0.4, -0.2) is 51.2 Å². The Labute approximate surface area is 370 Å². The van der Waals surface area contributed by atoms with Gasteiger partial charge in [-0.05, 0) is 135 Å². The fraction of sp³-hybridized carbons (Fsp3) is 0.340. The molecule has 0 fully saturated rings. The van der Waals surface area contributed by atoms with Gasteiger partial charge in [-0.15, -0.1) is 0 Å². The highest BCUT2D eigenvalue weighted by atomic mass is 32.2. The van der Waals surface area contributed by atoms with Gasteiger partial charge in [-0.2, -0.15) is 0 Å². The van der Waals surface area contributed by atoms with Crippen LogP contribution in [0.5, 0.6) is 11.5 Å². The molecule has 1 atom stereocenters. The zero-order valence-electron chi connectivity index (χ0n) is 36.7. The molecule has 1 heterocycles. The number of amides is 1. The predicted octanol–water partition coefficient (Wildman–Crippen LogP) is 8.63. The predicted molar refractivity (Wildman–Crippen MR) is 243 cm³/mol. The molecule has 0 radical (unpaired) electrons. The third kappa shape index (κ3) is 10.5. The van der Waals surface area contributed by atoms with E-state index in [0.29, 0.717) is 29.9 Å². The normalized spacial score (nSPS) is 14.7. The first-order valence-electron chi connectivity index (χ1n) is 21.3. The number of nitrogens with two attached hydrogens (primary N) is 1. The van der Waals surface area contributed by atoms with E-state index in [-0.39, 0.29) is 55.0 Å². The van der Waals surface area contributed by atoms with Crippen molar-refractivity contribution in [2.45, 2.75) is 103 Å². The van der Waals surface area contributed by atoms with Crippen LogP contribution in [0, 0.1) is 27.7 Å². The number of guanidine groups is 1. The van der Waals surface area contributed by atoms with Crippen molar-refractivity contribution in [2.75, 3.05) is 13.2 Å². The van der Waals surface area contributed by atoms with E-state index in [1.54, 1.807) is 13.8 Å². The summed E-state index contributed by atoms with van der Waals surface area (Å²) in [6, 6.07) is 30.3. The molecule has 5 aromatic rings. The van der Waals surface area contributed by atoms with Gasteiger partial charge in [0, 0.05) is 12.5 Å². The lowest BCUT2D eigenvalue weighted by Gasteiger charge is -2.35. The van der Waals surface area contributed by atoms with Crippen molar-refractivity contribution < 1.29 is 37.0 Å². The van der Waals surface area contributed by atoms with Crippen LogP contribution >= 0.6 is 0 Å². The number of aliphatic imine (C=N–C) groups is 1. The number of sulfonamides is 1. The summed E-state index contributed by atoms with van der Waals surface area (Å²) in [7, 11) is -4.11. The highest BCUT2D eigenvalue weighted by molar-refractivity contribution is 7.90. The van der Waals surface area contributed by atoms with Gasteiger partial charge >= 0.3 is 12.1 Å². The Bertz CT molecular complexity index is 2580. The molecule has 0 aromatic heterocycles. The molecule has 0 saturated heterocycles. The second-order valence-electron chi connectivity index (χ2n) is 16.9. The topological polar surface area (TPSA) is 168 Å². The van der Waals surface area contributed by atoms with E-state index in [1.807, 2.05) is 113 Å². The average Bonchev–Trinajstić information content (AvgIpc) is 3.58. The van der Waals surface area contributed by atoms with Gasteiger partial charge in [0.25, 0.3) is 10.0 Å². The Morgan fingerprint density at radius 3 is 2.11 bits per heavy atom. The number of hydrogen-bond donors (Lipinski definition) is 3. The van der Waals surface area contributed by atoms with Crippen LogP contribution in [0.4, 0.5) is 4.79 Å². The van der Waals surface area contributed by atoms with Crippen LogP contribution in [0.15, 0.2) is 107 Å². The number of hydrogen-bond acceptors (Lipinski definition) is 9. The molecule has 63 heavy (non-hydrogen) atoms. The summed E-state index contributed by atoms with van der Waals surface area (Å²) in [5.74, 6) is 0.276. The molecule has 5 aromatic carbocycles. The quantitative estimate of drug-likeness (QED) is 0.0404. The molecule has 12 nitrogen and oxygen atoms in total. The van der Waals surface area contributed by atoms with Gasteiger partial charge in [0.15, 0.2) is 0 Å². The number of ether oxygens (including phenoxy) is 4. The molecule has 2 aliphatic rings. The number of alkyl carbamates (subject to hydrolysis) is 1.